The third-order valence-corrected chi connectivity index (χ3v) is 2.20. The van der Waals surface area contributed by atoms with Crippen molar-refractivity contribution in [3.05, 3.63) is 30.2 Å². The maximum Gasteiger partial charge on any atom is 0.345 e. The molecule has 1 atom stereocenters. The number of rotatable bonds is 2. The van der Waals surface area contributed by atoms with Crippen LogP contribution in [-0.4, -0.2) is 23.0 Å². The summed E-state index contributed by atoms with van der Waals surface area (Å²) in [6, 6.07) is 1.65. The number of carbonyl (C=O) groups excluding carboxylic acids is 1. The highest BCUT2D eigenvalue weighted by Gasteiger charge is 2.23. The van der Waals surface area contributed by atoms with Crippen LogP contribution in [0.1, 0.15) is 11.7 Å². The molecule has 0 saturated carbocycles. The van der Waals surface area contributed by atoms with E-state index < -0.39 is 12.1 Å². The number of halogens is 1. The van der Waals surface area contributed by atoms with E-state index in [0.717, 1.165) is 7.11 Å². The first-order valence-corrected chi connectivity index (χ1v) is 4.37. The monoisotopic (exact) mass is 208 g/mol. The molecule has 2 aromatic rings. The van der Waals surface area contributed by atoms with Crippen molar-refractivity contribution in [3.63, 3.8) is 0 Å². The number of nitrogens with zero attached hydrogens (tertiary/aromatic N) is 1. The third-order valence-electron chi connectivity index (χ3n) is 2.20. The number of fused-ring (bicyclic) bond motifs is 1. The lowest BCUT2D eigenvalue weighted by Crippen LogP contribution is -2.08. The largest absolute Gasteiger partial charge is 0.467 e. The summed E-state index contributed by atoms with van der Waals surface area (Å²) in [5.74, 6) is -0.896. The normalized spacial score (nSPS) is 12.7. The summed E-state index contributed by atoms with van der Waals surface area (Å²) in [5.41, 5.74) is 0.971. The molecule has 0 spiro atoms. The van der Waals surface area contributed by atoms with Crippen molar-refractivity contribution >= 4 is 16.9 Å². The number of ether oxygens (including phenoxy) is 1. The summed E-state index contributed by atoms with van der Waals surface area (Å²) in [7, 11) is 1.16. The molecular weight excluding hydrogens is 199 g/mol. The summed E-state index contributed by atoms with van der Waals surface area (Å²) in [6.07, 6.45) is 2.81. The van der Waals surface area contributed by atoms with Gasteiger partial charge in [0.15, 0.2) is 0 Å². The van der Waals surface area contributed by atoms with Crippen LogP contribution < -0.4 is 0 Å². The van der Waals surface area contributed by atoms with Crippen LogP contribution in [0.25, 0.3) is 10.9 Å². The second-order valence-electron chi connectivity index (χ2n) is 3.05. The van der Waals surface area contributed by atoms with Crippen molar-refractivity contribution in [3.8, 4) is 0 Å². The van der Waals surface area contributed by atoms with Crippen molar-refractivity contribution in [2.75, 3.05) is 7.11 Å². The van der Waals surface area contributed by atoms with E-state index in [0.29, 0.717) is 10.9 Å². The van der Waals surface area contributed by atoms with Crippen LogP contribution in [0.4, 0.5) is 4.39 Å². The van der Waals surface area contributed by atoms with Gasteiger partial charge in [-0.25, -0.2) is 9.18 Å². The number of aromatic amines is 1. The highest BCUT2D eigenvalue weighted by Crippen LogP contribution is 2.26. The van der Waals surface area contributed by atoms with Crippen molar-refractivity contribution < 1.29 is 13.9 Å². The Hall–Kier alpha value is -1.91. The summed E-state index contributed by atoms with van der Waals surface area (Å²) in [5, 5.41) is 0.642. The van der Waals surface area contributed by atoms with Gasteiger partial charge in [0.05, 0.1) is 18.8 Å². The van der Waals surface area contributed by atoms with Crippen LogP contribution in [0.5, 0.6) is 0 Å². The fraction of sp³-hybridized carbons (Fsp3) is 0.200. The van der Waals surface area contributed by atoms with Gasteiger partial charge in [0, 0.05) is 23.3 Å². The molecule has 0 radical (unpaired) electrons. The van der Waals surface area contributed by atoms with Crippen LogP contribution in [0.15, 0.2) is 24.7 Å². The Bertz CT molecular complexity index is 495. The molecule has 0 aromatic carbocycles. The molecule has 0 aliphatic rings. The number of esters is 1. The van der Waals surface area contributed by atoms with E-state index in [2.05, 4.69) is 14.7 Å². The van der Waals surface area contributed by atoms with Crippen molar-refractivity contribution in [2.24, 2.45) is 0 Å². The molecule has 0 bridgehead atoms. The van der Waals surface area contributed by atoms with Gasteiger partial charge in [-0.05, 0) is 6.07 Å². The molecule has 0 amide bonds. The first-order chi connectivity index (χ1) is 7.24. The third kappa shape index (κ3) is 1.56. The summed E-state index contributed by atoms with van der Waals surface area (Å²) < 4.78 is 17.9. The summed E-state index contributed by atoms with van der Waals surface area (Å²) in [6.45, 7) is 0. The molecule has 15 heavy (non-hydrogen) atoms. The van der Waals surface area contributed by atoms with E-state index in [-0.39, 0.29) is 5.56 Å². The van der Waals surface area contributed by atoms with Crippen molar-refractivity contribution in [2.45, 2.75) is 6.17 Å². The predicted octanol–water partition coefficient (Wildman–Crippen LogP) is 1.75. The molecule has 4 nitrogen and oxygen atoms in total. The van der Waals surface area contributed by atoms with E-state index in [1.807, 2.05) is 0 Å². The number of nitrogens with one attached hydrogen (secondary N) is 1. The minimum Gasteiger partial charge on any atom is -0.467 e. The topological polar surface area (TPSA) is 55.0 Å². The Labute approximate surface area is 85.1 Å². The summed E-state index contributed by atoms with van der Waals surface area (Å²) >= 11 is 0. The molecule has 0 aliphatic carbocycles. The quantitative estimate of drug-likeness (QED) is 0.765. The van der Waals surface area contributed by atoms with Crippen LogP contribution in [0.2, 0.25) is 0 Å². The molecule has 1 unspecified atom stereocenters. The lowest BCUT2D eigenvalue weighted by Gasteiger charge is -2.03. The predicted molar refractivity (Wildman–Crippen MR) is 52.0 cm³/mol. The second kappa shape index (κ2) is 3.68. The van der Waals surface area contributed by atoms with Gasteiger partial charge < -0.3 is 9.72 Å². The lowest BCUT2D eigenvalue weighted by atomic mass is 10.1. The summed E-state index contributed by atoms with van der Waals surface area (Å²) in [4.78, 5) is 17.7. The maximum atomic E-state index is 13.6. The molecule has 0 fully saturated rings. The first-order valence-electron chi connectivity index (χ1n) is 4.37. The van der Waals surface area contributed by atoms with Gasteiger partial charge in [-0.3, -0.25) is 4.98 Å². The Balaban J connectivity index is 2.48. The SMILES string of the molecule is COC(=O)C(F)c1c[nH]c2cnccc12. The number of methoxy groups -OCH3 is 1. The highest BCUT2D eigenvalue weighted by molar-refractivity contribution is 5.88. The molecule has 0 aliphatic heterocycles. The first kappa shape index (κ1) is 9.64. The average molecular weight is 208 g/mol. The molecule has 0 saturated heterocycles. The lowest BCUT2D eigenvalue weighted by molar-refractivity contribution is -0.146. The molecule has 78 valence electrons. The Morgan fingerprint density at radius 3 is 3.20 bits per heavy atom. The molecule has 5 heteroatoms. The molecular formula is C10H9FN2O2. The van der Waals surface area contributed by atoms with Gasteiger partial charge in [-0.2, -0.15) is 0 Å². The second-order valence-corrected chi connectivity index (χ2v) is 3.05. The van der Waals surface area contributed by atoms with Gasteiger partial charge in [0.1, 0.15) is 0 Å². The van der Waals surface area contributed by atoms with Crippen LogP contribution in [0, 0.1) is 0 Å². The van der Waals surface area contributed by atoms with Gasteiger partial charge in [-0.1, -0.05) is 0 Å². The molecule has 2 aromatic heterocycles. The van der Waals surface area contributed by atoms with Gasteiger partial charge in [0.2, 0.25) is 6.17 Å². The Morgan fingerprint density at radius 2 is 2.47 bits per heavy atom. The minimum atomic E-state index is -1.76. The van der Waals surface area contributed by atoms with E-state index in [9.17, 15) is 9.18 Å². The maximum absolute atomic E-state index is 13.6. The smallest absolute Gasteiger partial charge is 0.345 e. The standard InChI is InChI=1S/C10H9FN2O2/c1-15-10(14)9(11)7-4-13-8-5-12-3-2-6(7)8/h2-5,9,13H,1H3. The number of hydrogen-bond acceptors (Lipinski definition) is 3. The number of alkyl halides is 1. The molecule has 2 rings (SSSR count). The number of hydrogen-bond donors (Lipinski definition) is 1. The highest BCUT2D eigenvalue weighted by atomic mass is 19.1. The van der Waals surface area contributed by atoms with Gasteiger partial charge >= 0.3 is 5.97 Å². The van der Waals surface area contributed by atoms with Crippen molar-refractivity contribution in [1.82, 2.24) is 9.97 Å². The molecule has 1 N–H and O–H groups in total. The number of pyridine rings is 1. The zero-order valence-electron chi connectivity index (χ0n) is 8.03. The zero-order valence-corrected chi connectivity index (χ0v) is 8.03. The van der Waals surface area contributed by atoms with E-state index in [1.165, 1.54) is 6.20 Å². The average Bonchev–Trinajstić information content (AvgIpc) is 2.70. The van der Waals surface area contributed by atoms with E-state index in [4.69, 9.17) is 0 Å². The van der Waals surface area contributed by atoms with Crippen molar-refractivity contribution in [1.29, 1.82) is 0 Å². The number of H-pyrrole nitrogens is 1. The van der Waals surface area contributed by atoms with Crippen LogP contribution in [-0.2, 0) is 9.53 Å². The van der Waals surface area contributed by atoms with E-state index >= 15 is 0 Å². The number of aromatic nitrogens is 2. The van der Waals surface area contributed by atoms with Gasteiger partial charge in [-0.15, -0.1) is 0 Å². The Kier molecular flexibility index (Phi) is 2.37. The molecule has 2 heterocycles. The number of carbonyl (C=O) groups is 1. The fourth-order valence-electron chi connectivity index (χ4n) is 1.43. The van der Waals surface area contributed by atoms with Crippen LogP contribution >= 0.6 is 0 Å². The minimum absolute atomic E-state index is 0.277. The van der Waals surface area contributed by atoms with Crippen LogP contribution in [0.3, 0.4) is 0 Å². The fourth-order valence-corrected chi connectivity index (χ4v) is 1.43. The van der Waals surface area contributed by atoms with Gasteiger partial charge in [0.25, 0.3) is 0 Å². The Morgan fingerprint density at radius 1 is 1.67 bits per heavy atom. The zero-order chi connectivity index (χ0) is 10.8. The van der Waals surface area contributed by atoms with E-state index in [1.54, 1.807) is 18.5 Å².